The third-order valence-corrected chi connectivity index (χ3v) is 4.84. The first kappa shape index (κ1) is 16.4. The Kier molecular flexibility index (Phi) is 4.66. The SMILES string of the molecule is O=C(c1ccccc1)[C@H](Sc1nnc(-c2ccco2)o1)c1ccccc1. The van der Waals surface area contributed by atoms with E-state index in [0.717, 1.165) is 5.56 Å². The van der Waals surface area contributed by atoms with Crippen LogP contribution in [0.5, 0.6) is 0 Å². The van der Waals surface area contributed by atoms with Crippen LogP contribution in [0.1, 0.15) is 21.2 Å². The van der Waals surface area contributed by atoms with Crippen LogP contribution in [0.25, 0.3) is 11.7 Å². The van der Waals surface area contributed by atoms with Gasteiger partial charge < -0.3 is 8.83 Å². The molecule has 26 heavy (non-hydrogen) atoms. The van der Waals surface area contributed by atoms with Gasteiger partial charge in [0.05, 0.1) is 6.26 Å². The molecule has 0 unspecified atom stereocenters. The molecule has 0 aliphatic carbocycles. The second-order valence-electron chi connectivity index (χ2n) is 5.49. The van der Waals surface area contributed by atoms with Crippen LogP contribution in [-0.2, 0) is 0 Å². The third kappa shape index (κ3) is 3.45. The maximum absolute atomic E-state index is 13.1. The smallest absolute Gasteiger partial charge is 0.284 e. The van der Waals surface area contributed by atoms with Gasteiger partial charge in [0.15, 0.2) is 11.5 Å². The Hall–Kier alpha value is -3.12. The number of carbonyl (C=O) groups is 1. The highest BCUT2D eigenvalue weighted by Crippen LogP contribution is 2.38. The van der Waals surface area contributed by atoms with E-state index < -0.39 is 5.25 Å². The number of aromatic nitrogens is 2. The van der Waals surface area contributed by atoms with E-state index in [-0.39, 0.29) is 11.7 Å². The summed E-state index contributed by atoms with van der Waals surface area (Å²) in [6, 6.07) is 22.3. The molecule has 0 amide bonds. The second kappa shape index (κ2) is 7.41. The molecular weight excluding hydrogens is 348 g/mol. The van der Waals surface area contributed by atoms with Crippen LogP contribution in [-0.4, -0.2) is 16.0 Å². The summed E-state index contributed by atoms with van der Waals surface area (Å²) in [7, 11) is 0. The zero-order chi connectivity index (χ0) is 17.8. The van der Waals surface area contributed by atoms with Crippen molar-refractivity contribution in [3.05, 3.63) is 90.2 Å². The zero-order valence-electron chi connectivity index (χ0n) is 13.6. The summed E-state index contributed by atoms with van der Waals surface area (Å²) < 4.78 is 10.9. The first-order chi connectivity index (χ1) is 12.8. The van der Waals surface area contributed by atoms with Crippen LogP contribution in [0.15, 0.2) is 93.1 Å². The Labute approximate surface area is 154 Å². The molecule has 0 fully saturated rings. The summed E-state index contributed by atoms with van der Waals surface area (Å²) in [6.45, 7) is 0. The van der Waals surface area contributed by atoms with Gasteiger partial charge in [-0.3, -0.25) is 4.79 Å². The van der Waals surface area contributed by atoms with Gasteiger partial charge in [-0.05, 0) is 29.5 Å². The van der Waals surface area contributed by atoms with E-state index in [0.29, 0.717) is 16.5 Å². The van der Waals surface area contributed by atoms with E-state index in [4.69, 9.17) is 8.83 Å². The zero-order valence-corrected chi connectivity index (χ0v) is 14.4. The predicted molar refractivity (Wildman–Crippen MR) is 97.8 cm³/mol. The lowest BCUT2D eigenvalue weighted by Gasteiger charge is -2.13. The van der Waals surface area contributed by atoms with Crippen molar-refractivity contribution in [2.75, 3.05) is 0 Å². The summed E-state index contributed by atoms with van der Waals surface area (Å²) in [5.74, 6) is 0.769. The molecule has 0 saturated heterocycles. The van der Waals surface area contributed by atoms with Gasteiger partial charge in [-0.25, -0.2) is 0 Å². The maximum Gasteiger partial charge on any atom is 0.284 e. The molecule has 4 rings (SSSR count). The first-order valence-corrected chi connectivity index (χ1v) is 8.87. The molecule has 4 aromatic rings. The summed E-state index contributed by atoms with van der Waals surface area (Å²) in [5.41, 5.74) is 1.52. The number of benzene rings is 2. The standard InChI is InChI=1S/C20H14N2O3S/c23-17(14-8-3-1-4-9-14)18(15-10-5-2-6-11-15)26-20-22-21-19(25-20)16-12-7-13-24-16/h1-13,18H/t18-/m1/s1. The molecule has 128 valence electrons. The van der Waals surface area contributed by atoms with E-state index in [2.05, 4.69) is 10.2 Å². The Balaban J connectivity index is 1.65. The van der Waals surface area contributed by atoms with E-state index in [1.165, 1.54) is 18.0 Å². The van der Waals surface area contributed by atoms with Gasteiger partial charge in [-0.15, -0.1) is 10.2 Å². The van der Waals surface area contributed by atoms with Gasteiger partial charge in [-0.2, -0.15) is 0 Å². The lowest BCUT2D eigenvalue weighted by atomic mass is 10.0. The highest BCUT2D eigenvalue weighted by atomic mass is 32.2. The lowest BCUT2D eigenvalue weighted by Crippen LogP contribution is -2.10. The average molecular weight is 362 g/mol. The minimum absolute atomic E-state index is 0.0143. The quantitative estimate of drug-likeness (QED) is 0.353. The van der Waals surface area contributed by atoms with Gasteiger partial charge in [0.1, 0.15) is 5.25 Å². The Morgan fingerprint density at radius 2 is 1.62 bits per heavy atom. The molecule has 2 heterocycles. The molecule has 0 radical (unpaired) electrons. The molecule has 1 atom stereocenters. The highest BCUT2D eigenvalue weighted by molar-refractivity contribution is 8.00. The van der Waals surface area contributed by atoms with Crippen LogP contribution >= 0.6 is 11.8 Å². The van der Waals surface area contributed by atoms with Crippen molar-refractivity contribution >= 4 is 17.5 Å². The number of thioether (sulfide) groups is 1. The Morgan fingerprint density at radius 1 is 0.885 bits per heavy atom. The molecule has 0 aliphatic heterocycles. The number of nitrogens with zero attached hydrogens (tertiary/aromatic N) is 2. The van der Waals surface area contributed by atoms with Crippen LogP contribution < -0.4 is 0 Å². The fraction of sp³-hybridized carbons (Fsp3) is 0.0500. The van der Waals surface area contributed by atoms with Crippen molar-refractivity contribution in [2.24, 2.45) is 0 Å². The molecule has 2 aromatic carbocycles. The normalized spacial score (nSPS) is 12.0. The molecule has 2 aromatic heterocycles. The Morgan fingerprint density at radius 3 is 2.31 bits per heavy atom. The number of hydrogen-bond donors (Lipinski definition) is 0. The van der Waals surface area contributed by atoms with E-state index in [1.807, 2.05) is 48.5 Å². The van der Waals surface area contributed by atoms with Crippen molar-refractivity contribution < 1.29 is 13.6 Å². The summed E-state index contributed by atoms with van der Waals surface area (Å²) in [6.07, 6.45) is 1.54. The minimum atomic E-state index is -0.483. The Bertz CT molecular complexity index is 982. The number of hydrogen-bond acceptors (Lipinski definition) is 6. The first-order valence-electron chi connectivity index (χ1n) is 7.99. The van der Waals surface area contributed by atoms with E-state index in [1.54, 1.807) is 24.3 Å². The van der Waals surface area contributed by atoms with Crippen LogP contribution in [0.4, 0.5) is 0 Å². The summed E-state index contributed by atoms with van der Waals surface area (Å²) >= 11 is 1.23. The molecule has 0 bridgehead atoms. The number of ketones is 1. The van der Waals surface area contributed by atoms with Crippen LogP contribution in [0.2, 0.25) is 0 Å². The van der Waals surface area contributed by atoms with E-state index >= 15 is 0 Å². The highest BCUT2D eigenvalue weighted by Gasteiger charge is 2.26. The number of carbonyl (C=O) groups excluding carboxylic acids is 1. The number of furan rings is 1. The second-order valence-corrected chi connectivity index (χ2v) is 6.55. The van der Waals surface area contributed by atoms with Gasteiger partial charge in [0.25, 0.3) is 11.1 Å². The molecule has 6 heteroatoms. The predicted octanol–water partition coefficient (Wildman–Crippen LogP) is 5.05. The van der Waals surface area contributed by atoms with Gasteiger partial charge >= 0.3 is 0 Å². The van der Waals surface area contributed by atoms with Crippen molar-refractivity contribution in [1.82, 2.24) is 10.2 Å². The van der Waals surface area contributed by atoms with Gasteiger partial charge in [-0.1, -0.05) is 60.7 Å². The largest absolute Gasteiger partial charge is 0.459 e. The summed E-state index contributed by atoms with van der Waals surface area (Å²) in [5, 5.41) is 7.87. The molecule has 5 nitrogen and oxygen atoms in total. The van der Waals surface area contributed by atoms with Crippen molar-refractivity contribution in [2.45, 2.75) is 10.5 Å². The number of rotatable bonds is 6. The topological polar surface area (TPSA) is 69.1 Å². The number of Topliss-reactive ketones (excluding diaryl/α,β-unsaturated/α-hetero) is 1. The lowest BCUT2D eigenvalue weighted by molar-refractivity contribution is 0.0989. The maximum atomic E-state index is 13.1. The summed E-state index contributed by atoms with van der Waals surface area (Å²) in [4.78, 5) is 13.1. The molecule has 0 N–H and O–H groups in total. The fourth-order valence-corrected chi connectivity index (χ4v) is 3.47. The molecule has 0 saturated carbocycles. The molecule has 0 aliphatic rings. The van der Waals surface area contributed by atoms with Crippen LogP contribution in [0, 0.1) is 0 Å². The fourth-order valence-electron chi connectivity index (χ4n) is 2.51. The average Bonchev–Trinajstić information content (AvgIpc) is 3.39. The van der Waals surface area contributed by atoms with Crippen molar-refractivity contribution in [3.8, 4) is 11.7 Å². The van der Waals surface area contributed by atoms with Crippen molar-refractivity contribution in [1.29, 1.82) is 0 Å². The monoisotopic (exact) mass is 362 g/mol. The van der Waals surface area contributed by atoms with Crippen molar-refractivity contribution in [3.63, 3.8) is 0 Å². The minimum Gasteiger partial charge on any atom is -0.459 e. The molecular formula is C20H14N2O3S. The van der Waals surface area contributed by atoms with Gasteiger partial charge in [0.2, 0.25) is 0 Å². The van der Waals surface area contributed by atoms with Crippen LogP contribution in [0.3, 0.4) is 0 Å². The third-order valence-electron chi connectivity index (χ3n) is 3.76. The molecule has 0 spiro atoms. The van der Waals surface area contributed by atoms with E-state index in [9.17, 15) is 4.79 Å². The van der Waals surface area contributed by atoms with Gasteiger partial charge in [0, 0.05) is 5.56 Å².